The summed E-state index contributed by atoms with van der Waals surface area (Å²) in [6, 6.07) is 4.80. The summed E-state index contributed by atoms with van der Waals surface area (Å²) in [4.78, 5) is 24.0. The van der Waals surface area contributed by atoms with Crippen molar-refractivity contribution >= 4 is 17.2 Å². The zero-order chi connectivity index (χ0) is 14.6. The van der Waals surface area contributed by atoms with Crippen LogP contribution in [0.2, 0.25) is 0 Å². The lowest BCUT2D eigenvalue weighted by Crippen LogP contribution is -2.27. The summed E-state index contributed by atoms with van der Waals surface area (Å²) in [5, 5.41) is 11.0. The molecule has 0 aliphatic heterocycles. The van der Waals surface area contributed by atoms with Crippen molar-refractivity contribution in [3.63, 3.8) is 0 Å². The highest BCUT2D eigenvalue weighted by molar-refractivity contribution is 5.98. The second-order valence-electron chi connectivity index (χ2n) is 4.95. The van der Waals surface area contributed by atoms with Gasteiger partial charge in [-0.2, -0.15) is 0 Å². The van der Waals surface area contributed by atoms with Crippen LogP contribution in [0.4, 0.5) is 11.4 Å². The Morgan fingerprint density at radius 3 is 2.47 bits per heavy atom. The highest BCUT2D eigenvalue weighted by atomic mass is 16.6. The minimum absolute atomic E-state index is 0.118. The van der Waals surface area contributed by atoms with Gasteiger partial charge in [0.2, 0.25) is 0 Å². The molecular formula is C14H20N2O3. The van der Waals surface area contributed by atoms with Crippen molar-refractivity contribution in [2.45, 2.75) is 27.7 Å². The molecule has 1 aromatic rings. The molecule has 0 N–H and O–H groups in total. The Labute approximate surface area is 113 Å². The molecule has 0 fully saturated rings. The van der Waals surface area contributed by atoms with Crippen LogP contribution in [0.5, 0.6) is 0 Å². The van der Waals surface area contributed by atoms with Crippen LogP contribution in [0.3, 0.4) is 0 Å². The van der Waals surface area contributed by atoms with E-state index in [0.717, 1.165) is 18.8 Å². The van der Waals surface area contributed by atoms with E-state index in [4.69, 9.17) is 0 Å². The number of rotatable bonds is 6. The summed E-state index contributed by atoms with van der Waals surface area (Å²) in [6.45, 7) is 9.14. The molecule has 0 heterocycles. The van der Waals surface area contributed by atoms with Crippen molar-refractivity contribution in [3.05, 3.63) is 33.9 Å². The molecule has 0 atom stereocenters. The number of nitro benzene ring substituents is 1. The number of nitrogens with zero attached hydrogens (tertiary/aromatic N) is 2. The Hall–Kier alpha value is -1.91. The van der Waals surface area contributed by atoms with E-state index in [9.17, 15) is 14.9 Å². The molecule has 0 bridgehead atoms. The standard InChI is InChI=1S/C14H20N2O3/c1-5-15(9-10(2)3)12-6-7-13(11(4)17)14(8-12)16(18)19/h6-8,10H,5,9H2,1-4H3. The quantitative estimate of drug-likeness (QED) is 0.449. The van der Waals surface area contributed by atoms with E-state index < -0.39 is 4.92 Å². The molecule has 0 radical (unpaired) electrons. The number of carbonyl (C=O) groups is 1. The maximum absolute atomic E-state index is 11.4. The smallest absolute Gasteiger partial charge is 0.282 e. The van der Waals surface area contributed by atoms with E-state index in [1.165, 1.54) is 13.0 Å². The number of anilines is 1. The van der Waals surface area contributed by atoms with Crippen LogP contribution in [0, 0.1) is 16.0 Å². The van der Waals surface area contributed by atoms with Crippen molar-refractivity contribution in [2.75, 3.05) is 18.0 Å². The van der Waals surface area contributed by atoms with Crippen LogP contribution in [-0.4, -0.2) is 23.8 Å². The van der Waals surface area contributed by atoms with Gasteiger partial charge in [0, 0.05) is 24.8 Å². The lowest BCUT2D eigenvalue weighted by Gasteiger charge is -2.25. The fourth-order valence-corrected chi connectivity index (χ4v) is 2.02. The monoisotopic (exact) mass is 264 g/mol. The summed E-state index contributed by atoms with van der Waals surface area (Å²) >= 11 is 0. The minimum Gasteiger partial charge on any atom is -0.371 e. The van der Waals surface area contributed by atoms with Crippen molar-refractivity contribution in [1.29, 1.82) is 0 Å². The first kappa shape index (κ1) is 15.1. The summed E-state index contributed by atoms with van der Waals surface area (Å²) in [7, 11) is 0. The first-order valence-electron chi connectivity index (χ1n) is 6.41. The van der Waals surface area contributed by atoms with Gasteiger partial charge >= 0.3 is 0 Å². The first-order valence-corrected chi connectivity index (χ1v) is 6.41. The van der Waals surface area contributed by atoms with Gasteiger partial charge < -0.3 is 4.90 Å². The van der Waals surface area contributed by atoms with Crippen LogP contribution in [-0.2, 0) is 0 Å². The molecule has 104 valence electrons. The van der Waals surface area contributed by atoms with Crippen molar-refractivity contribution in [1.82, 2.24) is 0 Å². The third-order valence-electron chi connectivity index (χ3n) is 2.89. The Morgan fingerprint density at radius 2 is 2.05 bits per heavy atom. The molecule has 1 rings (SSSR count). The van der Waals surface area contributed by atoms with Gasteiger partial charge in [0.25, 0.3) is 5.69 Å². The lowest BCUT2D eigenvalue weighted by molar-refractivity contribution is -0.385. The average molecular weight is 264 g/mol. The zero-order valence-electron chi connectivity index (χ0n) is 11.8. The van der Waals surface area contributed by atoms with Crippen molar-refractivity contribution in [3.8, 4) is 0 Å². The minimum atomic E-state index is -0.497. The Kier molecular flexibility index (Phi) is 5.03. The number of hydrogen-bond acceptors (Lipinski definition) is 4. The zero-order valence-corrected chi connectivity index (χ0v) is 11.8. The van der Waals surface area contributed by atoms with E-state index in [1.807, 2.05) is 6.92 Å². The molecule has 0 amide bonds. The Balaban J connectivity index is 3.20. The molecule has 5 nitrogen and oxygen atoms in total. The number of carbonyl (C=O) groups excluding carboxylic acids is 1. The number of nitro groups is 1. The summed E-state index contributed by atoms with van der Waals surface area (Å²) in [6.07, 6.45) is 0. The van der Waals surface area contributed by atoms with E-state index in [0.29, 0.717) is 5.92 Å². The van der Waals surface area contributed by atoms with Gasteiger partial charge in [-0.3, -0.25) is 14.9 Å². The molecule has 1 aromatic carbocycles. The SMILES string of the molecule is CCN(CC(C)C)c1ccc(C(C)=O)c([N+](=O)[O-])c1. The summed E-state index contributed by atoms with van der Waals surface area (Å²) in [5.41, 5.74) is 0.828. The second kappa shape index (κ2) is 6.31. The number of Topliss-reactive ketones (excluding diaryl/α,β-unsaturated/α-hetero) is 1. The van der Waals surface area contributed by atoms with Gasteiger partial charge in [0.15, 0.2) is 5.78 Å². The highest BCUT2D eigenvalue weighted by Crippen LogP contribution is 2.26. The predicted octanol–water partition coefficient (Wildman–Crippen LogP) is 3.28. The third-order valence-corrected chi connectivity index (χ3v) is 2.89. The molecule has 0 aliphatic carbocycles. The first-order chi connectivity index (χ1) is 8.86. The molecule has 0 aliphatic rings. The second-order valence-corrected chi connectivity index (χ2v) is 4.95. The van der Waals surface area contributed by atoms with Crippen LogP contribution in [0.1, 0.15) is 38.1 Å². The molecule has 0 saturated heterocycles. The van der Waals surface area contributed by atoms with Crippen molar-refractivity contribution < 1.29 is 9.72 Å². The maximum atomic E-state index is 11.4. The molecule has 0 aromatic heterocycles. The third kappa shape index (κ3) is 3.77. The molecule has 19 heavy (non-hydrogen) atoms. The molecule has 0 saturated carbocycles. The molecular weight excluding hydrogens is 244 g/mol. The average Bonchev–Trinajstić information content (AvgIpc) is 2.34. The van der Waals surface area contributed by atoms with Gasteiger partial charge in [-0.1, -0.05) is 13.8 Å². The Bertz CT molecular complexity index is 484. The topological polar surface area (TPSA) is 63.5 Å². The van der Waals surface area contributed by atoms with E-state index in [-0.39, 0.29) is 17.0 Å². The van der Waals surface area contributed by atoms with Crippen LogP contribution in [0.15, 0.2) is 18.2 Å². The molecule has 5 heteroatoms. The highest BCUT2D eigenvalue weighted by Gasteiger charge is 2.19. The fourth-order valence-electron chi connectivity index (χ4n) is 2.02. The lowest BCUT2D eigenvalue weighted by atomic mass is 10.1. The largest absolute Gasteiger partial charge is 0.371 e. The van der Waals surface area contributed by atoms with Gasteiger partial charge in [-0.05, 0) is 31.9 Å². The molecule has 0 spiro atoms. The van der Waals surface area contributed by atoms with E-state index >= 15 is 0 Å². The number of ketones is 1. The molecule has 0 unspecified atom stereocenters. The van der Waals surface area contributed by atoms with E-state index in [2.05, 4.69) is 18.7 Å². The van der Waals surface area contributed by atoms with Gasteiger partial charge in [0.05, 0.1) is 10.5 Å². The van der Waals surface area contributed by atoms with Crippen LogP contribution in [0.25, 0.3) is 0 Å². The fraction of sp³-hybridized carbons (Fsp3) is 0.500. The summed E-state index contributed by atoms with van der Waals surface area (Å²) < 4.78 is 0. The van der Waals surface area contributed by atoms with Gasteiger partial charge in [-0.25, -0.2) is 0 Å². The Morgan fingerprint density at radius 1 is 1.42 bits per heavy atom. The van der Waals surface area contributed by atoms with Gasteiger partial charge in [0.1, 0.15) is 0 Å². The van der Waals surface area contributed by atoms with Crippen LogP contribution >= 0.6 is 0 Å². The predicted molar refractivity (Wildman–Crippen MR) is 75.8 cm³/mol. The van der Waals surface area contributed by atoms with Gasteiger partial charge in [-0.15, -0.1) is 0 Å². The normalized spacial score (nSPS) is 10.6. The summed E-state index contributed by atoms with van der Waals surface area (Å²) in [5.74, 6) is 0.177. The van der Waals surface area contributed by atoms with Crippen molar-refractivity contribution in [2.24, 2.45) is 5.92 Å². The maximum Gasteiger partial charge on any atom is 0.282 e. The number of benzene rings is 1. The van der Waals surface area contributed by atoms with E-state index in [1.54, 1.807) is 12.1 Å². The number of hydrogen-bond donors (Lipinski definition) is 0. The van der Waals surface area contributed by atoms with Crippen LogP contribution < -0.4 is 4.90 Å².